The third-order valence-corrected chi connectivity index (χ3v) is 2.42. The standard InChI is InChI=1S/C12H19NO4/c1-14-8-9-5-10(15-2)6-12(16-3)11(9)7-13-17-4/h5-6,13H,7-8H2,1-4H3. The lowest BCUT2D eigenvalue weighted by molar-refractivity contribution is 0.0852. The lowest BCUT2D eigenvalue weighted by Crippen LogP contribution is -2.14. The lowest BCUT2D eigenvalue weighted by Gasteiger charge is -2.15. The number of hydroxylamine groups is 1. The quantitative estimate of drug-likeness (QED) is 0.733. The molecule has 1 aromatic rings. The number of benzene rings is 1. The van der Waals surface area contributed by atoms with Gasteiger partial charge in [0.05, 0.1) is 34.5 Å². The van der Waals surface area contributed by atoms with Gasteiger partial charge in [-0.1, -0.05) is 0 Å². The minimum atomic E-state index is 0.494. The average molecular weight is 241 g/mol. The normalized spacial score (nSPS) is 10.4. The van der Waals surface area contributed by atoms with Crippen LogP contribution in [0.15, 0.2) is 12.1 Å². The Morgan fingerprint density at radius 3 is 2.35 bits per heavy atom. The largest absolute Gasteiger partial charge is 0.497 e. The zero-order valence-electron chi connectivity index (χ0n) is 10.7. The molecule has 0 aliphatic carbocycles. The Labute approximate surface area is 102 Å². The van der Waals surface area contributed by atoms with E-state index in [0.717, 1.165) is 22.6 Å². The topological polar surface area (TPSA) is 49.0 Å². The molecular formula is C12H19NO4. The van der Waals surface area contributed by atoms with E-state index in [1.54, 1.807) is 28.4 Å². The van der Waals surface area contributed by atoms with Gasteiger partial charge in [0.25, 0.3) is 0 Å². The predicted molar refractivity (Wildman–Crippen MR) is 64.1 cm³/mol. The van der Waals surface area contributed by atoms with Gasteiger partial charge in [-0.25, -0.2) is 0 Å². The fourth-order valence-electron chi connectivity index (χ4n) is 1.60. The van der Waals surface area contributed by atoms with Crippen LogP contribution in [-0.4, -0.2) is 28.4 Å². The summed E-state index contributed by atoms with van der Waals surface area (Å²) in [5.41, 5.74) is 4.80. The third-order valence-electron chi connectivity index (χ3n) is 2.42. The fourth-order valence-corrected chi connectivity index (χ4v) is 1.60. The first-order valence-corrected chi connectivity index (χ1v) is 5.25. The smallest absolute Gasteiger partial charge is 0.127 e. The molecule has 17 heavy (non-hydrogen) atoms. The summed E-state index contributed by atoms with van der Waals surface area (Å²) in [6.45, 7) is 1.04. The van der Waals surface area contributed by atoms with Gasteiger partial charge in [0.1, 0.15) is 11.5 Å². The van der Waals surface area contributed by atoms with Crippen LogP contribution in [0.2, 0.25) is 0 Å². The predicted octanol–water partition coefficient (Wildman–Crippen LogP) is 1.50. The summed E-state index contributed by atoms with van der Waals surface area (Å²) in [5, 5.41) is 0. The molecule has 0 aromatic heterocycles. The van der Waals surface area contributed by atoms with E-state index in [0.29, 0.717) is 13.2 Å². The van der Waals surface area contributed by atoms with E-state index < -0.39 is 0 Å². The van der Waals surface area contributed by atoms with Crippen molar-refractivity contribution in [1.29, 1.82) is 0 Å². The molecule has 0 atom stereocenters. The highest BCUT2D eigenvalue weighted by molar-refractivity contribution is 5.46. The molecule has 5 nitrogen and oxygen atoms in total. The second-order valence-corrected chi connectivity index (χ2v) is 3.43. The SMILES string of the molecule is COCc1cc(OC)cc(OC)c1CNOC. The van der Waals surface area contributed by atoms with Crippen molar-refractivity contribution in [2.75, 3.05) is 28.4 Å². The number of methoxy groups -OCH3 is 3. The first-order valence-electron chi connectivity index (χ1n) is 5.25. The molecule has 0 bridgehead atoms. The van der Waals surface area contributed by atoms with Crippen molar-refractivity contribution in [1.82, 2.24) is 5.48 Å². The van der Waals surface area contributed by atoms with Crippen molar-refractivity contribution in [3.05, 3.63) is 23.3 Å². The molecule has 0 unspecified atom stereocenters. The van der Waals surface area contributed by atoms with Gasteiger partial charge < -0.3 is 19.0 Å². The maximum absolute atomic E-state index is 5.34. The number of hydrogen-bond acceptors (Lipinski definition) is 5. The van der Waals surface area contributed by atoms with Crippen LogP contribution >= 0.6 is 0 Å². The van der Waals surface area contributed by atoms with Crippen molar-refractivity contribution in [2.45, 2.75) is 13.2 Å². The van der Waals surface area contributed by atoms with Crippen LogP contribution in [-0.2, 0) is 22.7 Å². The summed E-state index contributed by atoms with van der Waals surface area (Å²) >= 11 is 0. The minimum absolute atomic E-state index is 0.494. The van der Waals surface area contributed by atoms with Gasteiger partial charge in [-0.05, 0) is 11.6 Å². The molecule has 1 rings (SSSR count). The molecule has 0 amide bonds. The summed E-state index contributed by atoms with van der Waals surface area (Å²) in [5.74, 6) is 1.50. The van der Waals surface area contributed by atoms with E-state index in [2.05, 4.69) is 5.48 Å². The maximum Gasteiger partial charge on any atom is 0.127 e. The highest BCUT2D eigenvalue weighted by Gasteiger charge is 2.12. The summed E-state index contributed by atoms with van der Waals surface area (Å²) in [4.78, 5) is 4.86. The Bertz CT molecular complexity index is 355. The molecule has 0 spiro atoms. The summed E-state index contributed by atoms with van der Waals surface area (Å²) in [6, 6.07) is 3.77. The van der Waals surface area contributed by atoms with Gasteiger partial charge in [-0.3, -0.25) is 0 Å². The Morgan fingerprint density at radius 1 is 1.06 bits per heavy atom. The zero-order valence-corrected chi connectivity index (χ0v) is 10.7. The Kier molecular flexibility index (Phi) is 5.76. The second kappa shape index (κ2) is 7.11. The lowest BCUT2D eigenvalue weighted by atomic mass is 10.1. The summed E-state index contributed by atoms with van der Waals surface area (Å²) in [6.07, 6.45) is 0. The molecular weight excluding hydrogens is 222 g/mol. The molecule has 5 heteroatoms. The van der Waals surface area contributed by atoms with Crippen LogP contribution in [0.1, 0.15) is 11.1 Å². The fraction of sp³-hybridized carbons (Fsp3) is 0.500. The van der Waals surface area contributed by atoms with Crippen molar-refractivity contribution in [3.8, 4) is 11.5 Å². The highest BCUT2D eigenvalue weighted by atomic mass is 16.6. The van der Waals surface area contributed by atoms with Crippen molar-refractivity contribution in [3.63, 3.8) is 0 Å². The van der Waals surface area contributed by atoms with Crippen LogP contribution < -0.4 is 15.0 Å². The van der Waals surface area contributed by atoms with Gasteiger partial charge in [0, 0.05) is 18.7 Å². The number of ether oxygens (including phenoxy) is 3. The first-order chi connectivity index (χ1) is 8.26. The van der Waals surface area contributed by atoms with Crippen LogP contribution in [0, 0.1) is 0 Å². The molecule has 0 radical (unpaired) electrons. The molecule has 0 saturated carbocycles. The Balaban J connectivity index is 3.10. The number of rotatable bonds is 7. The summed E-state index contributed by atoms with van der Waals surface area (Å²) < 4.78 is 15.7. The van der Waals surface area contributed by atoms with E-state index in [-0.39, 0.29) is 0 Å². The van der Waals surface area contributed by atoms with Crippen LogP contribution in [0.5, 0.6) is 11.5 Å². The molecule has 96 valence electrons. The molecule has 0 fully saturated rings. The van der Waals surface area contributed by atoms with Crippen LogP contribution in [0.25, 0.3) is 0 Å². The van der Waals surface area contributed by atoms with Gasteiger partial charge in [0.15, 0.2) is 0 Å². The molecule has 1 N–H and O–H groups in total. The second-order valence-electron chi connectivity index (χ2n) is 3.43. The molecule has 1 aromatic carbocycles. The van der Waals surface area contributed by atoms with Gasteiger partial charge >= 0.3 is 0 Å². The van der Waals surface area contributed by atoms with Gasteiger partial charge in [-0.2, -0.15) is 5.48 Å². The van der Waals surface area contributed by atoms with Crippen LogP contribution in [0.4, 0.5) is 0 Å². The van der Waals surface area contributed by atoms with E-state index in [1.807, 2.05) is 12.1 Å². The van der Waals surface area contributed by atoms with E-state index in [9.17, 15) is 0 Å². The van der Waals surface area contributed by atoms with E-state index >= 15 is 0 Å². The van der Waals surface area contributed by atoms with Gasteiger partial charge in [-0.15, -0.1) is 0 Å². The Hall–Kier alpha value is -1.30. The molecule has 0 aliphatic heterocycles. The molecule has 0 aliphatic rings. The highest BCUT2D eigenvalue weighted by Crippen LogP contribution is 2.29. The number of nitrogens with one attached hydrogen (secondary N) is 1. The molecule has 0 saturated heterocycles. The van der Waals surface area contributed by atoms with Crippen molar-refractivity contribution >= 4 is 0 Å². The Morgan fingerprint density at radius 2 is 1.82 bits per heavy atom. The monoisotopic (exact) mass is 241 g/mol. The zero-order chi connectivity index (χ0) is 12.7. The van der Waals surface area contributed by atoms with Crippen molar-refractivity contribution in [2.24, 2.45) is 0 Å². The summed E-state index contributed by atoms with van der Waals surface area (Å²) in [7, 11) is 6.48. The van der Waals surface area contributed by atoms with Crippen molar-refractivity contribution < 1.29 is 19.0 Å². The van der Waals surface area contributed by atoms with Crippen LogP contribution in [0.3, 0.4) is 0 Å². The molecule has 0 heterocycles. The average Bonchev–Trinajstić information content (AvgIpc) is 2.36. The van der Waals surface area contributed by atoms with Gasteiger partial charge in [0.2, 0.25) is 0 Å². The number of hydrogen-bond donors (Lipinski definition) is 1. The van der Waals surface area contributed by atoms with E-state index in [1.165, 1.54) is 0 Å². The maximum atomic E-state index is 5.34. The first kappa shape index (κ1) is 13.8. The minimum Gasteiger partial charge on any atom is -0.497 e. The third kappa shape index (κ3) is 3.59. The van der Waals surface area contributed by atoms with E-state index in [4.69, 9.17) is 19.0 Å².